The average Bonchev–Trinajstić information content (AvgIpc) is 3.09. The zero-order valence-corrected chi connectivity index (χ0v) is 11.9. The number of carbonyl (C=O) groups is 2. The summed E-state index contributed by atoms with van der Waals surface area (Å²) in [4.78, 5) is 23.1. The molecule has 0 fully saturated rings. The van der Waals surface area contributed by atoms with Gasteiger partial charge >= 0.3 is 5.97 Å². The zero-order valence-electron chi connectivity index (χ0n) is 11.0. The first-order valence-electron chi connectivity index (χ1n) is 6.03. The number of nitrogens with one attached hydrogen (secondary N) is 2. The van der Waals surface area contributed by atoms with E-state index in [0.717, 1.165) is 0 Å². The fraction of sp³-hybridized carbons (Fsp3) is 0.154. The summed E-state index contributed by atoms with van der Waals surface area (Å²) in [5, 5.41) is 5.06. The van der Waals surface area contributed by atoms with Gasteiger partial charge in [-0.2, -0.15) is 0 Å². The Hall–Kier alpha value is -2.61. The molecule has 2 heterocycles. The van der Waals surface area contributed by atoms with Crippen LogP contribution in [0.5, 0.6) is 0 Å². The first kappa shape index (κ1) is 14.8. The van der Waals surface area contributed by atoms with Crippen molar-refractivity contribution in [1.82, 2.24) is 5.32 Å². The largest absolute Gasteiger partial charge is 0.460 e. The van der Waals surface area contributed by atoms with Gasteiger partial charge in [0.1, 0.15) is 0 Å². The van der Waals surface area contributed by atoms with Gasteiger partial charge in [-0.1, -0.05) is 0 Å². The summed E-state index contributed by atoms with van der Waals surface area (Å²) in [5.74, 6) is -0.682. The lowest BCUT2D eigenvalue weighted by molar-refractivity contribution is 0.0491. The highest BCUT2D eigenvalue weighted by Gasteiger charge is 2.14. The number of hydrogen-bond acceptors (Lipinski definition) is 6. The van der Waals surface area contributed by atoms with Crippen molar-refractivity contribution < 1.29 is 23.2 Å². The number of furan rings is 2. The van der Waals surface area contributed by atoms with E-state index in [2.05, 4.69) is 10.6 Å². The topological polar surface area (TPSA) is 93.7 Å². The highest BCUT2D eigenvalue weighted by Crippen LogP contribution is 2.14. The van der Waals surface area contributed by atoms with E-state index in [4.69, 9.17) is 25.8 Å². The second-order valence-corrected chi connectivity index (χ2v) is 4.18. The number of thiocarbonyl (C=S) groups is 1. The molecular weight excluding hydrogens is 296 g/mol. The molecule has 2 N–H and O–H groups in total. The van der Waals surface area contributed by atoms with Crippen molar-refractivity contribution in [1.29, 1.82) is 0 Å². The molecule has 0 aromatic carbocycles. The molecule has 2 aromatic heterocycles. The van der Waals surface area contributed by atoms with Crippen molar-refractivity contribution in [3.05, 3.63) is 42.0 Å². The smallest absolute Gasteiger partial charge is 0.374 e. The van der Waals surface area contributed by atoms with Crippen LogP contribution in [0.15, 0.2) is 39.4 Å². The summed E-state index contributed by atoms with van der Waals surface area (Å²) in [7, 11) is 0. The van der Waals surface area contributed by atoms with Gasteiger partial charge in [0, 0.05) is 6.07 Å². The lowest BCUT2D eigenvalue weighted by atomic mass is 10.4. The monoisotopic (exact) mass is 308 g/mol. The van der Waals surface area contributed by atoms with Gasteiger partial charge < -0.3 is 18.9 Å². The molecule has 0 aliphatic carbocycles. The van der Waals surface area contributed by atoms with E-state index in [1.807, 2.05) is 0 Å². The molecule has 0 spiro atoms. The van der Waals surface area contributed by atoms with Crippen molar-refractivity contribution in [3.63, 3.8) is 0 Å². The van der Waals surface area contributed by atoms with Gasteiger partial charge in [-0.25, -0.2) is 4.79 Å². The Kier molecular flexibility index (Phi) is 4.72. The van der Waals surface area contributed by atoms with E-state index >= 15 is 0 Å². The normalized spacial score (nSPS) is 9.95. The first-order chi connectivity index (χ1) is 10.1. The Balaban J connectivity index is 1.91. The maximum absolute atomic E-state index is 11.7. The van der Waals surface area contributed by atoms with Crippen LogP contribution in [0.25, 0.3) is 0 Å². The molecule has 21 heavy (non-hydrogen) atoms. The molecule has 0 aliphatic heterocycles. The van der Waals surface area contributed by atoms with E-state index < -0.39 is 11.9 Å². The van der Waals surface area contributed by atoms with E-state index in [0.29, 0.717) is 0 Å². The second kappa shape index (κ2) is 6.71. The molecular formula is C13H12N2O5S. The van der Waals surface area contributed by atoms with Crippen molar-refractivity contribution in [3.8, 4) is 0 Å². The van der Waals surface area contributed by atoms with Gasteiger partial charge in [0.15, 0.2) is 16.8 Å². The van der Waals surface area contributed by atoms with Crippen LogP contribution >= 0.6 is 12.2 Å². The minimum atomic E-state index is -0.573. The van der Waals surface area contributed by atoms with Gasteiger partial charge in [0.05, 0.1) is 12.9 Å². The number of amides is 1. The highest BCUT2D eigenvalue weighted by molar-refractivity contribution is 7.80. The van der Waals surface area contributed by atoms with E-state index in [1.54, 1.807) is 13.0 Å². The molecule has 0 radical (unpaired) electrons. The molecule has 0 bridgehead atoms. The Labute approximate surface area is 125 Å². The van der Waals surface area contributed by atoms with Crippen molar-refractivity contribution in [2.45, 2.75) is 6.92 Å². The third-order valence-electron chi connectivity index (χ3n) is 2.29. The van der Waals surface area contributed by atoms with Crippen molar-refractivity contribution in [2.24, 2.45) is 0 Å². The molecule has 0 atom stereocenters. The maximum atomic E-state index is 11.7. The molecule has 2 rings (SSSR count). The van der Waals surface area contributed by atoms with Crippen LogP contribution < -0.4 is 10.6 Å². The van der Waals surface area contributed by atoms with Crippen LogP contribution in [0.1, 0.15) is 28.0 Å². The summed E-state index contributed by atoms with van der Waals surface area (Å²) in [6.07, 6.45) is 1.38. The van der Waals surface area contributed by atoms with Crippen LogP contribution in [0.4, 0.5) is 5.88 Å². The number of carbonyl (C=O) groups excluding carboxylic acids is 2. The molecule has 110 valence electrons. The lowest BCUT2D eigenvalue weighted by Crippen LogP contribution is -2.33. The van der Waals surface area contributed by atoms with Gasteiger partial charge in [0.2, 0.25) is 5.76 Å². The van der Waals surface area contributed by atoms with E-state index in [1.165, 1.54) is 24.5 Å². The number of esters is 1. The molecule has 2 aromatic rings. The number of anilines is 1. The number of ether oxygens (including phenoxy) is 1. The van der Waals surface area contributed by atoms with E-state index in [9.17, 15) is 9.59 Å². The minimum Gasteiger partial charge on any atom is -0.460 e. The SMILES string of the molecule is CCOC(=O)c1ccc(NC(=S)NC(=O)c2ccco2)o1. The summed E-state index contributed by atoms with van der Waals surface area (Å²) in [6, 6.07) is 6.03. The summed E-state index contributed by atoms with van der Waals surface area (Å²) >= 11 is 4.95. The summed E-state index contributed by atoms with van der Waals surface area (Å²) < 4.78 is 14.9. The van der Waals surface area contributed by atoms with Crippen LogP contribution in [0, 0.1) is 0 Å². The fourth-order valence-electron chi connectivity index (χ4n) is 1.43. The van der Waals surface area contributed by atoms with E-state index in [-0.39, 0.29) is 29.1 Å². The minimum absolute atomic E-state index is 0.0150. The van der Waals surface area contributed by atoms with Crippen LogP contribution in [0.2, 0.25) is 0 Å². The predicted molar refractivity (Wildman–Crippen MR) is 77.1 cm³/mol. The Morgan fingerprint density at radius 1 is 1.29 bits per heavy atom. The number of rotatable bonds is 4. The Morgan fingerprint density at radius 3 is 2.76 bits per heavy atom. The van der Waals surface area contributed by atoms with Crippen LogP contribution in [-0.4, -0.2) is 23.6 Å². The standard InChI is InChI=1S/C13H12N2O5S/c1-2-18-12(17)9-5-6-10(20-9)14-13(21)15-11(16)8-4-3-7-19-8/h3-7H,2H2,1H3,(H2,14,15,16,21). The fourth-order valence-corrected chi connectivity index (χ4v) is 1.63. The third-order valence-corrected chi connectivity index (χ3v) is 2.50. The molecule has 8 heteroatoms. The van der Waals surface area contributed by atoms with Gasteiger partial charge in [0.25, 0.3) is 5.91 Å². The maximum Gasteiger partial charge on any atom is 0.374 e. The van der Waals surface area contributed by atoms with Crippen molar-refractivity contribution >= 4 is 35.1 Å². The molecule has 1 amide bonds. The summed E-state index contributed by atoms with van der Waals surface area (Å²) in [6.45, 7) is 1.94. The number of hydrogen-bond donors (Lipinski definition) is 2. The zero-order chi connectivity index (χ0) is 15.2. The highest BCUT2D eigenvalue weighted by atomic mass is 32.1. The molecule has 0 unspecified atom stereocenters. The molecule has 0 saturated carbocycles. The van der Waals surface area contributed by atoms with Gasteiger partial charge in [-0.05, 0) is 37.3 Å². The van der Waals surface area contributed by atoms with Crippen LogP contribution in [-0.2, 0) is 4.74 Å². The Bertz CT molecular complexity index is 647. The van der Waals surface area contributed by atoms with Crippen molar-refractivity contribution in [2.75, 3.05) is 11.9 Å². The van der Waals surface area contributed by atoms with Gasteiger partial charge in [-0.15, -0.1) is 0 Å². The lowest BCUT2D eigenvalue weighted by Gasteiger charge is -2.05. The summed E-state index contributed by atoms with van der Waals surface area (Å²) in [5.41, 5.74) is 0. The first-order valence-corrected chi connectivity index (χ1v) is 6.43. The van der Waals surface area contributed by atoms with Gasteiger partial charge in [-0.3, -0.25) is 10.1 Å². The Morgan fingerprint density at radius 2 is 2.10 bits per heavy atom. The molecule has 7 nitrogen and oxygen atoms in total. The molecule has 0 saturated heterocycles. The molecule has 0 aliphatic rings. The third kappa shape index (κ3) is 3.93. The predicted octanol–water partition coefficient (Wildman–Crippen LogP) is 2.18. The second-order valence-electron chi connectivity index (χ2n) is 3.77. The van der Waals surface area contributed by atoms with Crippen LogP contribution in [0.3, 0.4) is 0 Å². The average molecular weight is 308 g/mol. The quantitative estimate of drug-likeness (QED) is 0.660.